The zero-order chi connectivity index (χ0) is 18.4. The molecule has 0 radical (unpaired) electrons. The summed E-state index contributed by atoms with van der Waals surface area (Å²) in [4.78, 5) is 26.6. The van der Waals surface area contributed by atoms with Gasteiger partial charge in [0.1, 0.15) is 5.75 Å². The van der Waals surface area contributed by atoms with Gasteiger partial charge < -0.3 is 14.2 Å². The molecule has 1 fully saturated rings. The van der Waals surface area contributed by atoms with Crippen molar-refractivity contribution in [3.8, 4) is 5.75 Å². The lowest BCUT2D eigenvalue weighted by atomic mass is 10.0. The first-order valence-electron chi connectivity index (χ1n) is 9.33. The van der Waals surface area contributed by atoms with Crippen LogP contribution in [0.15, 0.2) is 48.8 Å². The van der Waals surface area contributed by atoms with Crippen LogP contribution in [0.5, 0.6) is 5.75 Å². The number of hydrogen-bond acceptors (Lipinski definition) is 3. The summed E-state index contributed by atoms with van der Waals surface area (Å²) in [5, 5.41) is 0. The molecular weight excluding hydrogens is 328 g/mol. The summed E-state index contributed by atoms with van der Waals surface area (Å²) >= 11 is 0. The third kappa shape index (κ3) is 4.54. The predicted molar refractivity (Wildman–Crippen MR) is 100 cm³/mol. The van der Waals surface area contributed by atoms with Crippen molar-refractivity contribution >= 4 is 11.7 Å². The number of rotatable bonds is 7. The van der Waals surface area contributed by atoms with E-state index in [1.807, 2.05) is 24.0 Å². The fourth-order valence-electron chi connectivity index (χ4n) is 3.43. The molecule has 0 spiro atoms. The molecule has 3 rings (SSSR count). The van der Waals surface area contributed by atoms with Gasteiger partial charge in [-0.05, 0) is 56.2 Å². The molecule has 0 unspecified atom stereocenters. The number of hydrogen-bond donors (Lipinski definition) is 0. The van der Waals surface area contributed by atoms with Crippen molar-refractivity contribution < 1.29 is 14.3 Å². The fourth-order valence-corrected chi connectivity index (χ4v) is 3.43. The van der Waals surface area contributed by atoms with Crippen LogP contribution in [0.1, 0.15) is 49.0 Å². The van der Waals surface area contributed by atoms with E-state index >= 15 is 0 Å². The molecule has 2 aromatic rings. The van der Waals surface area contributed by atoms with Crippen LogP contribution in [-0.4, -0.2) is 40.9 Å². The molecule has 0 bridgehead atoms. The maximum atomic E-state index is 12.4. The lowest BCUT2D eigenvalue weighted by molar-refractivity contribution is -0.132. The minimum absolute atomic E-state index is 0.00336. The van der Waals surface area contributed by atoms with Crippen molar-refractivity contribution in [2.75, 3.05) is 19.7 Å². The van der Waals surface area contributed by atoms with Crippen LogP contribution < -0.4 is 4.74 Å². The Balaban J connectivity index is 1.44. The monoisotopic (exact) mass is 354 g/mol. The van der Waals surface area contributed by atoms with E-state index in [1.165, 1.54) is 0 Å². The van der Waals surface area contributed by atoms with Gasteiger partial charge >= 0.3 is 0 Å². The lowest BCUT2D eigenvalue weighted by Crippen LogP contribution is -2.39. The Hall–Kier alpha value is -2.56. The Morgan fingerprint density at radius 3 is 2.31 bits per heavy atom. The van der Waals surface area contributed by atoms with Gasteiger partial charge in [0, 0.05) is 49.9 Å². The van der Waals surface area contributed by atoms with Gasteiger partial charge in [-0.3, -0.25) is 9.59 Å². The second kappa shape index (κ2) is 8.70. The molecular formula is C21H26N2O3. The predicted octanol–water partition coefficient (Wildman–Crippen LogP) is 3.71. The number of Topliss-reactive ketones (excluding diaryl/α,β-unsaturated/α-hetero) is 1. The van der Waals surface area contributed by atoms with Gasteiger partial charge in [0.15, 0.2) is 5.78 Å². The van der Waals surface area contributed by atoms with E-state index in [9.17, 15) is 9.59 Å². The summed E-state index contributed by atoms with van der Waals surface area (Å²) in [5.41, 5.74) is 0.632. The van der Waals surface area contributed by atoms with E-state index in [1.54, 1.807) is 24.3 Å². The number of amides is 1. The van der Waals surface area contributed by atoms with Crippen molar-refractivity contribution in [3.63, 3.8) is 0 Å². The Labute approximate surface area is 154 Å². The first-order valence-corrected chi connectivity index (χ1v) is 9.33. The molecule has 0 saturated carbocycles. The van der Waals surface area contributed by atoms with Crippen molar-refractivity contribution in [2.24, 2.45) is 0 Å². The number of carbonyl (C=O) groups is 2. The maximum Gasteiger partial charge on any atom is 0.223 e. The van der Waals surface area contributed by atoms with Crippen molar-refractivity contribution in [3.05, 3.63) is 54.4 Å². The molecule has 2 heterocycles. The summed E-state index contributed by atoms with van der Waals surface area (Å²) in [6.45, 7) is 4.05. The number of piperidine rings is 1. The third-order valence-electron chi connectivity index (χ3n) is 4.92. The highest BCUT2D eigenvalue weighted by Gasteiger charge is 2.23. The van der Waals surface area contributed by atoms with Gasteiger partial charge in [-0.1, -0.05) is 0 Å². The second-order valence-electron chi connectivity index (χ2n) is 6.62. The highest BCUT2D eigenvalue weighted by atomic mass is 16.5. The van der Waals surface area contributed by atoms with Crippen LogP contribution in [0, 0.1) is 0 Å². The SMILES string of the molecule is CCOc1ccc(C(=O)CCC(=O)N2CCC(n3cccc3)CC2)cc1. The van der Waals surface area contributed by atoms with Crippen LogP contribution >= 0.6 is 0 Å². The maximum absolute atomic E-state index is 12.4. The Kier molecular flexibility index (Phi) is 6.10. The molecule has 0 atom stereocenters. The van der Waals surface area contributed by atoms with Crippen LogP contribution in [0.3, 0.4) is 0 Å². The third-order valence-corrected chi connectivity index (χ3v) is 4.92. The summed E-state index contributed by atoms with van der Waals surface area (Å²) < 4.78 is 7.60. The van der Waals surface area contributed by atoms with E-state index in [0.29, 0.717) is 18.2 Å². The summed E-state index contributed by atoms with van der Waals surface area (Å²) in [6.07, 6.45) is 6.63. The Bertz CT molecular complexity index is 714. The van der Waals surface area contributed by atoms with E-state index in [-0.39, 0.29) is 24.5 Å². The minimum atomic E-state index is 0.00336. The Morgan fingerprint density at radius 1 is 1.04 bits per heavy atom. The van der Waals surface area contributed by atoms with Crippen LogP contribution in [0.4, 0.5) is 0 Å². The average molecular weight is 354 g/mol. The Morgan fingerprint density at radius 2 is 1.69 bits per heavy atom. The molecule has 5 nitrogen and oxygen atoms in total. The van der Waals surface area contributed by atoms with Crippen molar-refractivity contribution in [2.45, 2.75) is 38.6 Å². The van der Waals surface area contributed by atoms with E-state index in [0.717, 1.165) is 31.7 Å². The lowest BCUT2D eigenvalue weighted by Gasteiger charge is -2.32. The standard InChI is InChI=1S/C21H26N2O3/c1-2-26-19-7-5-17(6-8-19)20(24)9-10-21(25)23-15-11-18(12-16-23)22-13-3-4-14-22/h3-8,13-14,18H,2,9-12,15-16H2,1H3. The number of ketones is 1. The highest BCUT2D eigenvalue weighted by Crippen LogP contribution is 2.23. The summed E-state index contributed by atoms with van der Waals surface area (Å²) in [7, 11) is 0. The van der Waals surface area contributed by atoms with Gasteiger partial charge in [0.05, 0.1) is 6.61 Å². The van der Waals surface area contributed by atoms with Crippen LogP contribution in [-0.2, 0) is 4.79 Å². The summed E-state index contributed by atoms with van der Waals surface area (Å²) in [5.74, 6) is 0.838. The summed E-state index contributed by atoms with van der Waals surface area (Å²) in [6, 6.07) is 11.7. The first-order chi connectivity index (χ1) is 12.7. The molecule has 1 aromatic heterocycles. The fraction of sp³-hybridized carbons (Fsp3) is 0.429. The molecule has 1 aromatic carbocycles. The zero-order valence-corrected chi connectivity index (χ0v) is 15.3. The van der Waals surface area contributed by atoms with Crippen molar-refractivity contribution in [1.29, 1.82) is 0 Å². The highest BCUT2D eigenvalue weighted by molar-refractivity contribution is 5.98. The molecule has 0 aliphatic carbocycles. The van der Waals surface area contributed by atoms with Crippen LogP contribution in [0.25, 0.3) is 0 Å². The van der Waals surface area contributed by atoms with Gasteiger partial charge in [-0.15, -0.1) is 0 Å². The topological polar surface area (TPSA) is 51.5 Å². The normalized spacial score (nSPS) is 15.0. The average Bonchev–Trinajstić information content (AvgIpc) is 3.21. The molecule has 5 heteroatoms. The largest absolute Gasteiger partial charge is 0.494 e. The molecule has 1 amide bonds. The van der Waals surface area contributed by atoms with Crippen molar-refractivity contribution in [1.82, 2.24) is 9.47 Å². The molecule has 1 aliphatic rings. The van der Waals surface area contributed by atoms with E-state index < -0.39 is 0 Å². The molecule has 0 N–H and O–H groups in total. The number of aromatic nitrogens is 1. The molecule has 1 saturated heterocycles. The van der Waals surface area contributed by atoms with Gasteiger partial charge in [-0.25, -0.2) is 0 Å². The van der Waals surface area contributed by atoms with Gasteiger partial charge in [0.2, 0.25) is 5.91 Å². The second-order valence-corrected chi connectivity index (χ2v) is 6.62. The molecule has 26 heavy (non-hydrogen) atoms. The quantitative estimate of drug-likeness (QED) is 0.712. The van der Waals surface area contributed by atoms with Gasteiger partial charge in [-0.2, -0.15) is 0 Å². The zero-order valence-electron chi connectivity index (χ0n) is 15.3. The number of ether oxygens (including phenoxy) is 1. The van der Waals surface area contributed by atoms with Gasteiger partial charge in [0.25, 0.3) is 0 Å². The minimum Gasteiger partial charge on any atom is -0.494 e. The molecule has 1 aliphatic heterocycles. The molecule has 138 valence electrons. The first kappa shape index (κ1) is 18.2. The smallest absolute Gasteiger partial charge is 0.223 e. The van der Waals surface area contributed by atoms with E-state index in [2.05, 4.69) is 17.0 Å². The number of likely N-dealkylation sites (tertiary alicyclic amines) is 1. The number of benzene rings is 1. The number of nitrogens with zero attached hydrogens (tertiary/aromatic N) is 2. The number of carbonyl (C=O) groups excluding carboxylic acids is 2. The van der Waals surface area contributed by atoms with Crippen LogP contribution in [0.2, 0.25) is 0 Å². The van der Waals surface area contributed by atoms with E-state index in [4.69, 9.17) is 4.74 Å².